The minimum absolute atomic E-state index is 0.649. The molecule has 4 nitrogen and oxygen atoms in total. The molecule has 2 saturated carbocycles. The van der Waals surface area contributed by atoms with Gasteiger partial charge in [-0.2, -0.15) is 0 Å². The van der Waals surface area contributed by atoms with Crippen LogP contribution in [0, 0.1) is 0 Å². The van der Waals surface area contributed by atoms with Gasteiger partial charge in [-0.25, -0.2) is 18.3 Å². The van der Waals surface area contributed by atoms with Gasteiger partial charge in [0.25, 0.3) is 0 Å². The Kier molecular flexibility index (Phi) is 9.17. The van der Waals surface area contributed by atoms with Crippen molar-refractivity contribution in [3.05, 3.63) is 96.6 Å². The van der Waals surface area contributed by atoms with Crippen LogP contribution in [-0.4, -0.2) is 9.13 Å². The topological polar surface area (TPSA) is 17.6 Å². The minimum Gasteiger partial charge on any atom is -0.227 e. The van der Waals surface area contributed by atoms with Crippen LogP contribution in [0.25, 0.3) is 22.1 Å². The smallest absolute Gasteiger partial charge is 0.227 e. The van der Waals surface area contributed by atoms with Gasteiger partial charge in [0.2, 0.25) is 12.7 Å². The summed E-state index contributed by atoms with van der Waals surface area (Å²) in [6.45, 7) is 1.81. The van der Waals surface area contributed by atoms with E-state index in [1.807, 2.05) is 0 Å². The molecule has 0 bridgehead atoms. The molecule has 18 heteroatoms. The number of para-hydroxylation sites is 4. The summed E-state index contributed by atoms with van der Waals surface area (Å²) in [5.41, 5.74) is 8.15. The van der Waals surface area contributed by atoms with Crippen molar-refractivity contribution in [2.24, 2.45) is 0 Å². The van der Waals surface area contributed by atoms with Gasteiger partial charge in [0.05, 0.1) is 0 Å². The fourth-order valence-corrected chi connectivity index (χ4v) is 6.82. The second-order valence-electron chi connectivity index (χ2n) is 12.9. The molecule has 0 N–H and O–H groups in total. The van der Waals surface area contributed by atoms with Crippen molar-refractivity contribution in [1.29, 1.82) is 0 Å². The van der Waals surface area contributed by atoms with E-state index in [0.717, 1.165) is 13.1 Å². The number of rotatable bonds is 6. The fraction of sp³-hybridized carbons (Fsp3) is 0.375. The van der Waals surface area contributed by atoms with Gasteiger partial charge in [-0.15, -0.1) is 0 Å². The van der Waals surface area contributed by atoms with Crippen molar-refractivity contribution in [1.82, 2.24) is 9.13 Å². The number of halogens is 12. The van der Waals surface area contributed by atoms with Gasteiger partial charge in [0.15, 0.2) is 22.1 Å². The zero-order valence-corrected chi connectivity index (χ0v) is 28.3. The first-order valence-corrected chi connectivity index (χ1v) is 20.0. The first kappa shape index (κ1) is 37.9. The van der Waals surface area contributed by atoms with E-state index in [9.17, 15) is 50.4 Å². The van der Waals surface area contributed by atoms with E-state index in [2.05, 4.69) is 104 Å². The van der Waals surface area contributed by atoms with E-state index in [0.29, 0.717) is 12.1 Å². The molecule has 7 rings (SSSR count). The van der Waals surface area contributed by atoms with Crippen LogP contribution in [0.5, 0.6) is 0 Å². The average molecular weight is 767 g/mol. The van der Waals surface area contributed by atoms with Crippen molar-refractivity contribution in [3.63, 3.8) is 0 Å². The molecule has 50 heavy (non-hydrogen) atoms. The fourth-order valence-electron chi connectivity index (χ4n) is 6.82. The third-order valence-electron chi connectivity index (χ3n) is 8.60. The van der Waals surface area contributed by atoms with Crippen molar-refractivity contribution in [2.75, 3.05) is 0 Å². The Balaban J connectivity index is 0.000000295. The summed E-state index contributed by atoms with van der Waals surface area (Å²) in [6, 6.07) is 28.3. The number of hydrogen-bond donors (Lipinski definition) is 0. The van der Waals surface area contributed by atoms with Crippen LogP contribution >= 0.6 is 15.6 Å². The third kappa shape index (κ3) is 12.4. The largest absolute Gasteiger partial charge is 0.245 e. The molecule has 278 valence electrons. The Bertz CT molecular complexity index is 1810. The quantitative estimate of drug-likeness (QED) is 0.0931. The Morgan fingerprint density at radius 1 is 0.480 bits per heavy atom. The monoisotopic (exact) mass is 766 g/mol. The summed E-state index contributed by atoms with van der Waals surface area (Å²) >= 11 is 0. The minimum atomic E-state index is -10.7. The van der Waals surface area contributed by atoms with Crippen molar-refractivity contribution < 1.29 is 59.5 Å². The van der Waals surface area contributed by atoms with Crippen molar-refractivity contribution in [2.45, 2.75) is 76.5 Å². The number of aromatic nitrogens is 4. The Morgan fingerprint density at radius 3 is 1.14 bits per heavy atom. The number of imidazole rings is 2. The van der Waals surface area contributed by atoms with Crippen LogP contribution < -0.4 is 9.13 Å². The van der Waals surface area contributed by atoms with Gasteiger partial charge in [-0.1, -0.05) is 42.5 Å². The van der Waals surface area contributed by atoms with Crippen LogP contribution in [0.4, 0.5) is 50.4 Å². The zero-order chi connectivity index (χ0) is 36.7. The normalized spacial score (nSPS) is 18.8. The summed E-state index contributed by atoms with van der Waals surface area (Å²) in [4.78, 5) is 0. The molecule has 2 aromatic heterocycles. The molecule has 2 aliphatic rings. The molecule has 0 saturated heterocycles. The van der Waals surface area contributed by atoms with Gasteiger partial charge in [-0.3, -0.25) is 0 Å². The van der Waals surface area contributed by atoms with Gasteiger partial charge in [0.1, 0.15) is 25.2 Å². The molecule has 3 aromatic carbocycles. The predicted octanol–water partition coefficient (Wildman–Crippen LogP) is 13.3. The van der Waals surface area contributed by atoms with Crippen LogP contribution in [0.2, 0.25) is 0 Å². The maximum absolute atomic E-state index is 10.7. The number of hydrogen-bond acceptors (Lipinski definition) is 0. The van der Waals surface area contributed by atoms with E-state index in [1.165, 1.54) is 84.6 Å². The molecule has 0 spiro atoms. The Morgan fingerprint density at radius 2 is 0.800 bits per heavy atom. The average Bonchev–Trinajstić information content (AvgIpc) is 3.77. The first-order chi connectivity index (χ1) is 22.7. The van der Waals surface area contributed by atoms with Crippen LogP contribution in [0.3, 0.4) is 0 Å². The molecule has 0 amide bonds. The Labute approximate surface area is 279 Å². The summed E-state index contributed by atoms with van der Waals surface area (Å²) in [6.07, 6.45) is 15.4. The molecule has 5 aromatic rings. The van der Waals surface area contributed by atoms with Crippen LogP contribution in [0.15, 0.2) is 85.5 Å². The number of nitrogens with zero attached hydrogens (tertiary/aromatic N) is 4. The molecule has 0 radical (unpaired) electrons. The summed E-state index contributed by atoms with van der Waals surface area (Å²) in [5.74, 6) is 0. The molecular formula is C32H36F12N4P2. The molecular weight excluding hydrogens is 730 g/mol. The number of benzene rings is 3. The second kappa shape index (κ2) is 12.1. The van der Waals surface area contributed by atoms with Gasteiger partial charge in [0, 0.05) is 0 Å². The van der Waals surface area contributed by atoms with Gasteiger partial charge in [-0.05, 0) is 92.8 Å². The van der Waals surface area contributed by atoms with Crippen LogP contribution in [0.1, 0.15) is 74.6 Å². The van der Waals surface area contributed by atoms with Crippen molar-refractivity contribution in [3.8, 4) is 0 Å². The standard InChI is InChI=1S/C32H36N4.2F6P/c1-2-13-27(12-1)35-23-33(29-16-5-7-18-31(29)35)21-25-10-9-11-26(20-25)22-34-24-36(28-14-3-4-15-28)32-19-8-6-17-30(32)34;2*1-7(2,3,4,5)6/h5-11,16-20,23-24,27-28H,1-4,12-15,21-22H2;;/q+2;2*-1. The molecule has 2 aliphatic carbocycles. The maximum atomic E-state index is 9.87. The second-order valence-corrected chi connectivity index (χ2v) is 16.7. The molecule has 2 heterocycles. The van der Waals surface area contributed by atoms with E-state index in [1.54, 1.807) is 0 Å². The number of fused-ring (bicyclic) bond motifs is 2. The predicted molar refractivity (Wildman–Crippen MR) is 171 cm³/mol. The zero-order valence-electron chi connectivity index (χ0n) is 26.5. The van der Waals surface area contributed by atoms with Crippen molar-refractivity contribution >= 4 is 37.7 Å². The van der Waals surface area contributed by atoms with Gasteiger partial charge < -0.3 is 0 Å². The molecule has 0 unspecified atom stereocenters. The van der Waals surface area contributed by atoms with E-state index in [4.69, 9.17) is 0 Å². The van der Waals surface area contributed by atoms with Gasteiger partial charge >= 0.3 is 66.0 Å². The molecule has 0 atom stereocenters. The summed E-state index contributed by atoms with van der Waals surface area (Å²) in [5, 5.41) is 0. The van der Waals surface area contributed by atoms with E-state index < -0.39 is 15.6 Å². The third-order valence-corrected chi connectivity index (χ3v) is 8.60. The SMILES string of the molecule is F[P-](F)(F)(F)(F)F.F[P-](F)(F)(F)(F)F.c1cc(C[n+]2cn(C3CCCC3)c3ccccc32)cc(C[n+]2cn(C3CCCC3)c3ccccc32)c1. The summed E-state index contributed by atoms with van der Waals surface area (Å²) < 4.78 is 128. The molecule has 0 aliphatic heterocycles. The Hall–Kier alpha value is -3.38. The molecule has 2 fully saturated rings. The maximum Gasteiger partial charge on any atom is 0.245 e. The van der Waals surface area contributed by atoms with E-state index in [-0.39, 0.29) is 0 Å². The summed E-state index contributed by atoms with van der Waals surface area (Å²) in [7, 11) is -21.3. The first-order valence-electron chi connectivity index (χ1n) is 15.9. The van der Waals surface area contributed by atoms with E-state index >= 15 is 0 Å². The van der Waals surface area contributed by atoms with Crippen LogP contribution in [-0.2, 0) is 13.1 Å².